The van der Waals surface area contributed by atoms with Crippen molar-refractivity contribution in [2.75, 3.05) is 0 Å². The van der Waals surface area contributed by atoms with Crippen molar-refractivity contribution in [1.29, 1.82) is 0 Å². The van der Waals surface area contributed by atoms with Crippen LogP contribution in [0.3, 0.4) is 0 Å². The molecule has 0 aliphatic heterocycles. The summed E-state index contributed by atoms with van der Waals surface area (Å²) in [5.74, 6) is 0.0347. The Kier molecular flexibility index (Phi) is 19.5. The van der Waals surface area contributed by atoms with E-state index in [0.29, 0.717) is 5.56 Å². The normalized spacial score (nSPS) is 10.3. The Bertz CT molecular complexity index is 402. The summed E-state index contributed by atoms with van der Waals surface area (Å²) in [6, 6.07) is 8.32. The second kappa shape index (κ2) is 20.3. The van der Waals surface area contributed by atoms with E-state index in [2.05, 4.69) is 13.5 Å². The summed E-state index contributed by atoms with van der Waals surface area (Å²) in [6.45, 7) is 5.79. The summed E-state index contributed by atoms with van der Waals surface area (Å²) in [5, 5.41) is 10.8. The van der Waals surface area contributed by atoms with E-state index >= 15 is 0 Å². The van der Waals surface area contributed by atoms with Crippen molar-refractivity contribution in [3.8, 4) is 5.75 Å². The second-order valence-electron chi connectivity index (χ2n) is 7.34. The lowest BCUT2D eigenvalue weighted by molar-refractivity contribution is 0.354. The minimum atomic E-state index is 0.0347. The molecule has 26 heavy (non-hydrogen) atoms. The fourth-order valence-electron chi connectivity index (χ4n) is 3.09. The Hall–Kier alpha value is -1.02. The third-order valence-electron chi connectivity index (χ3n) is 4.85. The molecule has 0 unspecified atom stereocenters. The van der Waals surface area contributed by atoms with Crippen molar-refractivity contribution in [2.24, 2.45) is 0 Å². The zero-order chi connectivity index (χ0) is 19.3. The number of benzene rings is 1. The molecule has 0 N–H and O–H groups in total. The van der Waals surface area contributed by atoms with Crippen LogP contribution in [-0.4, -0.2) is 10.2 Å². The van der Waals surface area contributed by atoms with Crippen molar-refractivity contribution in [2.45, 2.75) is 103 Å². The van der Waals surface area contributed by atoms with E-state index in [1.54, 1.807) is 18.2 Å². The van der Waals surface area contributed by atoms with Gasteiger partial charge in [-0.25, -0.2) is 0 Å². The minimum absolute atomic E-state index is 0.0347. The number of unbranched alkanes of at least 4 members (excludes halogenated alkanes) is 13. The summed E-state index contributed by atoms with van der Waals surface area (Å²) in [4.78, 5) is 0. The molecule has 1 radical (unpaired) electrons. The third kappa shape index (κ3) is 16.4. The van der Waals surface area contributed by atoms with Crippen LogP contribution in [0, 0.1) is 0 Å². The Morgan fingerprint density at radius 3 is 1.54 bits per heavy atom. The van der Waals surface area contributed by atoms with E-state index in [-0.39, 0.29) is 5.75 Å². The quantitative estimate of drug-likeness (QED) is 0.221. The molecule has 1 nitrogen and oxygen atoms in total. The topological polar surface area (TPSA) is 19.9 Å². The first kappa shape index (κ1) is 25.0. The fraction of sp³-hybridized carbons (Fsp3) is 0.667. The Morgan fingerprint density at radius 2 is 1.19 bits per heavy atom. The van der Waals surface area contributed by atoms with Crippen LogP contribution < -0.4 is 0 Å². The van der Waals surface area contributed by atoms with Crippen molar-refractivity contribution in [3.63, 3.8) is 0 Å². The zero-order valence-electron chi connectivity index (χ0n) is 17.6. The van der Waals surface area contributed by atoms with Crippen LogP contribution in [0.2, 0.25) is 6.04 Å². The van der Waals surface area contributed by atoms with Gasteiger partial charge >= 0.3 is 0 Å². The standard InChI is InChI=1S/C16H36Si.C8H7O/c1-2-3-4-5-6-7-8-9-10-11-12-13-14-15-16-17;1-2-7-5-3-4-6-8(7)9/h2-16H2,1,17H3;2-6H,1H2. The van der Waals surface area contributed by atoms with Gasteiger partial charge in [0.05, 0.1) is 0 Å². The van der Waals surface area contributed by atoms with E-state index in [9.17, 15) is 5.11 Å². The Labute approximate surface area is 166 Å². The number of hydrogen-bond donors (Lipinski definition) is 0. The molecular weight excluding hydrogens is 332 g/mol. The maximum Gasteiger partial charge on any atom is 0.185 e. The van der Waals surface area contributed by atoms with Crippen LogP contribution in [0.5, 0.6) is 5.75 Å². The molecule has 0 amide bonds. The molecule has 0 saturated heterocycles. The molecule has 0 aliphatic carbocycles. The summed E-state index contributed by atoms with van der Waals surface area (Å²) in [6.07, 6.45) is 22.3. The summed E-state index contributed by atoms with van der Waals surface area (Å²) < 4.78 is 0. The summed E-state index contributed by atoms with van der Waals surface area (Å²) in [5.41, 5.74) is 0.664. The van der Waals surface area contributed by atoms with Crippen molar-refractivity contribution >= 4 is 16.3 Å². The Balaban J connectivity index is 0.000000577. The minimum Gasteiger partial charge on any atom is -0.289 e. The van der Waals surface area contributed by atoms with Crippen LogP contribution in [-0.2, 0) is 5.11 Å². The van der Waals surface area contributed by atoms with Gasteiger partial charge in [0.1, 0.15) is 0 Å². The van der Waals surface area contributed by atoms with Gasteiger partial charge in [-0.2, -0.15) is 0 Å². The second-order valence-corrected chi connectivity index (χ2v) is 8.34. The molecule has 1 rings (SSSR count). The molecule has 0 atom stereocenters. The summed E-state index contributed by atoms with van der Waals surface area (Å²) in [7, 11) is 1.41. The lowest BCUT2D eigenvalue weighted by Gasteiger charge is -2.02. The molecule has 1 aromatic rings. The first-order valence-electron chi connectivity index (χ1n) is 11.1. The largest absolute Gasteiger partial charge is 0.289 e. The van der Waals surface area contributed by atoms with E-state index in [1.165, 1.54) is 112 Å². The van der Waals surface area contributed by atoms with Gasteiger partial charge in [-0.3, -0.25) is 5.11 Å². The van der Waals surface area contributed by atoms with Gasteiger partial charge in [0.15, 0.2) is 5.75 Å². The van der Waals surface area contributed by atoms with Crippen LogP contribution in [0.4, 0.5) is 0 Å². The molecule has 0 bridgehead atoms. The van der Waals surface area contributed by atoms with Gasteiger partial charge in [-0.05, 0) is 6.07 Å². The molecule has 149 valence electrons. The highest BCUT2D eigenvalue weighted by Crippen LogP contribution is 2.16. The first-order chi connectivity index (χ1) is 12.8. The van der Waals surface area contributed by atoms with Crippen LogP contribution in [0.25, 0.3) is 6.08 Å². The smallest absolute Gasteiger partial charge is 0.185 e. The molecular formula is C24H43OSi. The zero-order valence-corrected chi connectivity index (χ0v) is 19.6. The highest BCUT2D eigenvalue weighted by molar-refractivity contribution is 6.08. The first-order valence-corrected chi connectivity index (χ1v) is 12.6. The molecule has 0 spiro atoms. The predicted molar refractivity (Wildman–Crippen MR) is 122 cm³/mol. The van der Waals surface area contributed by atoms with Gasteiger partial charge in [-0.15, -0.1) is 0 Å². The maximum atomic E-state index is 10.8. The number of rotatable bonds is 15. The van der Waals surface area contributed by atoms with E-state index in [0.717, 1.165) is 0 Å². The van der Waals surface area contributed by atoms with E-state index < -0.39 is 0 Å². The van der Waals surface area contributed by atoms with Crippen LogP contribution >= 0.6 is 0 Å². The van der Waals surface area contributed by atoms with E-state index in [4.69, 9.17) is 0 Å². The highest BCUT2D eigenvalue weighted by atomic mass is 28.1. The van der Waals surface area contributed by atoms with Crippen LogP contribution in [0.15, 0.2) is 30.8 Å². The van der Waals surface area contributed by atoms with E-state index in [1.807, 2.05) is 6.07 Å². The molecule has 0 heterocycles. The van der Waals surface area contributed by atoms with Gasteiger partial charge in [0, 0.05) is 15.8 Å². The van der Waals surface area contributed by atoms with Gasteiger partial charge in [0.25, 0.3) is 0 Å². The lowest BCUT2D eigenvalue weighted by atomic mass is 10.0. The van der Waals surface area contributed by atoms with Crippen molar-refractivity contribution < 1.29 is 5.11 Å². The average molecular weight is 376 g/mol. The van der Waals surface area contributed by atoms with Crippen LogP contribution in [0.1, 0.15) is 102 Å². The number of para-hydroxylation sites is 1. The molecule has 1 aromatic carbocycles. The Morgan fingerprint density at radius 1 is 0.769 bits per heavy atom. The predicted octanol–water partition coefficient (Wildman–Crippen LogP) is 7.72. The lowest BCUT2D eigenvalue weighted by Crippen LogP contribution is -1.83. The van der Waals surface area contributed by atoms with Crippen molar-refractivity contribution in [1.82, 2.24) is 0 Å². The SMILES string of the molecule is C=Cc1ccccc1[O].CCCCCCCCCCCCCCCC[SiH3]. The van der Waals surface area contributed by atoms with Gasteiger partial charge in [0.2, 0.25) is 0 Å². The van der Waals surface area contributed by atoms with Crippen molar-refractivity contribution in [3.05, 3.63) is 36.4 Å². The molecule has 0 fully saturated rings. The molecule has 0 aromatic heterocycles. The third-order valence-corrected chi connectivity index (χ3v) is 5.55. The highest BCUT2D eigenvalue weighted by Gasteiger charge is 1.94. The average Bonchev–Trinajstić information content (AvgIpc) is 2.66. The number of hydrogen-bond acceptors (Lipinski definition) is 0. The molecule has 0 aliphatic rings. The maximum absolute atomic E-state index is 10.8. The monoisotopic (exact) mass is 375 g/mol. The van der Waals surface area contributed by atoms with Gasteiger partial charge < -0.3 is 0 Å². The summed E-state index contributed by atoms with van der Waals surface area (Å²) >= 11 is 0. The molecule has 0 saturated carbocycles. The molecule has 2 heteroatoms. The fourth-order valence-corrected chi connectivity index (χ4v) is 3.59. The van der Waals surface area contributed by atoms with Gasteiger partial charge in [-0.1, -0.05) is 134 Å².